The molecule has 2 aliphatic rings. The van der Waals surface area contributed by atoms with Gasteiger partial charge >= 0.3 is 0 Å². The van der Waals surface area contributed by atoms with Crippen LogP contribution in [0.25, 0.3) is 0 Å². The van der Waals surface area contributed by atoms with Crippen molar-refractivity contribution in [3.8, 4) is 0 Å². The quantitative estimate of drug-likeness (QED) is 0.625. The molecule has 1 atom stereocenters. The zero-order valence-electron chi connectivity index (χ0n) is 17.0. The molecule has 0 spiro atoms. The van der Waals surface area contributed by atoms with E-state index >= 15 is 0 Å². The number of nitrogens with zero attached hydrogens (tertiary/aromatic N) is 5. The molecule has 1 fully saturated rings. The summed E-state index contributed by atoms with van der Waals surface area (Å²) in [5, 5.41) is 12.4. The number of piperazine rings is 1. The van der Waals surface area contributed by atoms with E-state index in [1.807, 2.05) is 52.1 Å². The topological polar surface area (TPSA) is 80.6 Å². The fraction of sp³-hybridized carbons (Fsp3) is 0.364. The van der Waals surface area contributed by atoms with Crippen molar-refractivity contribution in [2.45, 2.75) is 25.7 Å². The number of benzene rings is 1. The summed E-state index contributed by atoms with van der Waals surface area (Å²) < 4.78 is 7.77. The highest BCUT2D eigenvalue weighted by atomic mass is 32.1. The Hall–Kier alpha value is -3.04. The van der Waals surface area contributed by atoms with Crippen LogP contribution in [0.1, 0.15) is 33.4 Å². The molecule has 160 valence electrons. The fourth-order valence-corrected chi connectivity index (χ4v) is 4.70. The Labute approximate surface area is 184 Å². The van der Waals surface area contributed by atoms with Crippen LogP contribution in [0.2, 0.25) is 0 Å². The van der Waals surface area contributed by atoms with E-state index < -0.39 is 0 Å². The molecule has 1 saturated heterocycles. The lowest BCUT2D eigenvalue weighted by Crippen LogP contribution is -2.51. The Morgan fingerprint density at radius 3 is 2.58 bits per heavy atom. The first-order valence-electron chi connectivity index (χ1n) is 10.4. The van der Waals surface area contributed by atoms with Gasteiger partial charge in [-0.2, -0.15) is 11.3 Å². The molecule has 8 nitrogen and oxygen atoms in total. The summed E-state index contributed by atoms with van der Waals surface area (Å²) in [6.45, 7) is 2.88. The molecule has 2 aromatic heterocycles. The van der Waals surface area contributed by atoms with Gasteiger partial charge in [0.15, 0.2) is 5.69 Å². The van der Waals surface area contributed by atoms with E-state index in [1.54, 1.807) is 20.9 Å². The molecule has 9 heteroatoms. The molecule has 3 aromatic rings. The van der Waals surface area contributed by atoms with Crippen molar-refractivity contribution in [1.82, 2.24) is 24.8 Å². The number of aromatic nitrogens is 3. The lowest BCUT2D eigenvalue weighted by molar-refractivity contribution is -0.131. The van der Waals surface area contributed by atoms with Gasteiger partial charge in [0, 0.05) is 26.2 Å². The van der Waals surface area contributed by atoms with E-state index in [2.05, 4.69) is 10.3 Å². The van der Waals surface area contributed by atoms with Crippen molar-refractivity contribution in [2.75, 3.05) is 26.2 Å². The maximum atomic E-state index is 13.1. The van der Waals surface area contributed by atoms with Crippen LogP contribution in [0.3, 0.4) is 0 Å². The maximum absolute atomic E-state index is 13.1. The molecule has 0 unspecified atom stereocenters. The Balaban J connectivity index is 1.20. The summed E-state index contributed by atoms with van der Waals surface area (Å²) in [6, 6.07) is 12.0. The summed E-state index contributed by atoms with van der Waals surface area (Å²) in [6.07, 6.45) is 0.312. The highest BCUT2D eigenvalue weighted by molar-refractivity contribution is 7.08. The number of ether oxygens (including phenoxy) is 1. The van der Waals surface area contributed by atoms with Crippen molar-refractivity contribution in [1.29, 1.82) is 0 Å². The van der Waals surface area contributed by atoms with Crippen molar-refractivity contribution >= 4 is 23.2 Å². The monoisotopic (exact) mass is 437 g/mol. The largest absolute Gasteiger partial charge is 0.365 e. The van der Waals surface area contributed by atoms with Crippen molar-refractivity contribution in [2.24, 2.45) is 0 Å². The minimum atomic E-state index is -0.145. The second kappa shape index (κ2) is 8.60. The number of carbonyl (C=O) groups is 2. The number of thiophene rings is 1. The van der Waals surface area contributed by atoms with Gasteiger partial charge in [-0.1, -0.05) is 35.5 Å². The first-order chi connectivity index (χ1) is 15.2. The van der Waals surface area contributed by atoms with Gasteiger partial charge in [-0.25, -0.2) is 4.68 Å². The molecule has 0 bridgehead atoms. The van der Waals surface area contributed by atoms with E-state index in [0.29, 0.717) is 57.1 Å². The summed E-state index contributed by atoms with van der Waals surface area (Å²) >= 11 is 1.59. The molecule has 0 N–H and O–H groups in total. The lowest BCUT2D eigenvalue weighted by atomic mass is 10.1. The average molecular weight is 438 g/mol. The third kappa shape index (κ3) is 4.11. The molecular formula is C22H23N5O3S. The van der Waals surface area contributed by atoms with Gasteiger partial charge in [0.2, 0.25) is 5.91 Å². The van der Waals surface area contributed by atoms with E-state index in [4.69, 9.17) is 4.74 Å². The normalized spacial score (nSPS) is 18.6. The Morgan fingerprint density at radius 2 is 1.84 bits per heavy atom. The van der Waals surface area contributed by atoms with Gasteiger partial charge in [-0.05, 0) is 28.0 Å². The first-order valence-corrected chi connectivity index (χ1v) is 11.3. The Bertz CT molecular complexity index is 1060. The van der Waals surface area contributed by atoms with Crippen LogP contribution in [-0.2, 0) is 29.1 Å². The van der Waals surface area contributed by atoms with E-state index in [1.165, 1.54) is 0 Å². The van der Waals surface area contributed by atoms with E-state index in [-0.39, 0.29) is 17.9 Å². The molecule has 31 heavy (non-hydrogen) atoms. The molecule has 5 rings (SSSR count). The molecule has 1 aromatic carbocycles. The average Bonchev–Trinajstić information content (AvgIpc) is 3.48. The highest BCUT2D eigenvalue weighted by Crippen LogP contribution is 2.27. The van der Waals surface area contributed by atoms with E-state index in [0.717, 1.165) is 11.1 Å². The molecule has 0 radical (unpaired) electrons. The number of amides is 2. The lowest BCUT2D eigenvalue weighted by Gasteiger charge is -2.34. The zero-order chi connectivity index (χ0) is 21.2. The minimum Gasteiger partial charge on any atom is -0.365 e. The van der Waals surface area contributed by atoms with Crippen LogP contribution in [-0.4, -0.2) is 62.8 Å². The molecule has 2 amide bonds. The second-order valence-electron chi connectivity index (χ2n) is 7.76. The zero-order valence-corrected chi connectivity index (χ0v) is 17.8. The fourth-order valence-electron chi connectivity index (χ4n) is 4.04. The standard InChI is InChI=1S/C22H23N5O3S/c28-20(12-16-6-11-31-15-16)25-7-9-26(10-8-25)22(29)21-18-14-30-19(13-27(18)24-23-21)17-4-2-1-3-5-17/h1-6,11,15,19H,7-10,12-14H2/t19-/m1/s1. The van der Waals surface area contributed by atoms with Crippen LogP contribution in [0, 0.1) is 0 Å². The Morgan fingerprint density at radius 1 is 1.06 bits per heavy atom. The smallest absolute Gasteiger partial charge is 0.276 e. The summed E-state index contributed by atoms with van der Waals surface area (Å²) in [7, 11) is 0. The van der Waals surface area contributed by atoms with Gasteiger partial charge in [-0.3, -0.25) is 9.59 Å². The van der Waals surface area contributed by atoms with E-state index in [9.17, 15) is 9.59 Å². The summed E-state index contributed by atoms with van der Waals surface area (Å²) in [5.41, 5.74) is 3.19. The first kappa shape index (κ1) is 19.9. The Kier molecular flexibility index (Phi) is 5.52. The third-order valence-electron chi connectivity index (χ3n) is 5.83. The minimum absolute atomic E-state index is 0.101. The highest BCUT2D eigenvalue weighted by Gasteiger charge is 2.32. The number of carbonyl (C=O) groups excluding carboxylic acids is 2. The molecule has 2 aliphatic heterocycles. The predicted molar refractivity (Wildman–Crippen MR) is 115 cm³/mol. The molecular weight excluding hydrogens is 414 g/mol. The van der Waals surface area contributed by atoms with Crippen LogP contribution >= 0.6 is 11.3 Å². The van der Waals surface area contributed by atoms with Crippen LogP contribution < -0.4 is 0 Å². The van der Waals surface area contributed by atoms with Crippen molar-refractivity contribution in [3.05, 3.63) is 69.7 Å². The number of hydrogen-bond donors (Lipinski definition) is 0. The van der Waals surface area contributed by atoms with Crippen LogP contribution in [0.5, 0.6) is 0 Å². The third-order valence-corrected chi connectivity index (χ3v) is 6.56. The summed E-state index contributed by atoms with van der Waals surface area (Å²) in [4.78, 5) is 29.1. The second-order valence-corrected chi connectivity index (χ2v) is 8.54. The predicted octanol–water partition coefficient (Wildman–Crippen LogP) is 2.14. The van der Waals surface area contributed by atoms with Crippen molar-refractivity contribution < 1.29 is 14.3 Å². The summed E-state index contributed by atoms with van der Waals surface area (Å²) in [5.74, 6) is -0.0418. The number of fused-ring (bicyclic) bond motifs is 1. The van der Waals surface area contributed by atoms with Crippen molar-refractivity contribution in [3.63, 3.8) is 0 Å². The molecule has 0 saturated carbocycles. The number of hydrogen-bond acceptors (Lipinski definition) is 6. The SMILES string of the molecule is O=C(Cc1ccsc1)N1CCN(C(=O)c2nnn3c2CO[C@@H](c2ccccc2)C3)CC1. The molecule has 4 heterocycles. The number of rotatable bonds is 4. The van der Waals surface area contributed by atoms with Gasteiger partial charge in [-0.15, -0.1) is 5.10 Å². The van der Waals surface area contributed by atoms with Gasteiger partial charge in [0.05, 0.1) is 25.3 Å². The van der Waals surface area contributed by atoms with Crippen LogP contribution in [0.15, 0.2) is 47.2 Å². The molecule has 0 aliphatic carbocycles. The van der Waals surface area contributed by atoms with Crippen LogP contribution in [0.4, 0.5) is 0 Å². The van der Waals surface area contributed by atoms with Gasteiger partial charge < -0.3 is 14.5 Å². The maximum Gasteiger partial charge on any atom is 0.276 e. The van der Waals surface area contributed by atoms with Gasteiger partial charge in [0.25, 0.3) is 5.91 Å². The van der Waals surface area contributed by atoms with Gasteiger partial charge in [0.1, 0.15) is 6.10 Å².